The molecule has 0 saturated carbocycles. The quantitative estimate of drug-likeness (QED) is 0.523. The maximum Gasteiger partial charge on any atom is 0.320 e. The Balaban J connectivity index is 1.61. The topological polar surface area (TPSA) is 88.3 Å². The molecule has 2 amide bonds. The van der Waals surface area contributed by atoms with E-state index in [1.165, 1.54) is 0 Å². The average molecular weight is 482 g/mol. The SMILES string of the molecule is COCCCC[C@@](O)(c1ccccc1Oc1ccccc1C)[C@@H]1CCCN(C(=O)N2CC(N)C2)C1. The fourth-order valence-electron chi connectivity index (χ4n) is 5.31. The summed E-state index contributed by atoms with van der Waals surface area (Å²) in [5.41, 5.74) is 6.59. The second-order valence-corrected chi connectivity index (χ2v) is 9.97. The Morgan fingerprint density at radius 2 is 1.77 bits per heavy atom. The van der Waals surface area contributed by atoms with Gasteiger partial charge < -0.3 is 30.1 Å². The number of benzene rings is 2. The minimum absolute atomic E-state index is 0.0302. The van der Waals surface area contributed by atoms with Crippen molar-refractivity contribution in [1.29, 1.82) is 0 Å². The predicted molar refractivity (Wildman–Crippen MR) is 137 cm³/mol. The van der Waals surface area contributed by atoms with E-state index in [2.05, 4.69) is 0 Å². The molecule has 2 heterocycles. The zero-order valence-electron chi connectivity index (χ0n) is 21.0. The van der Waals surface area contributed by atoms with Crippen molar-refractivity contribution in [2.45, 2.75) is 50.7 Å². The summed E-state index contributed by atoms with van der Waals surface area (Å²) in [7, 11) is 1.70. The number of likely N-dealkylation sites (tertiary alicyclic amines) is 2. The van der Waals surface area contributed by atoms with Crippen LogP contribution in [0, 0.1) is 12.8 Å². The van der Waals surface area contributed by atoms with E-state index in [1.54, 1.807) is 12.0 Å². The number of hydrogen-bond acceptors (Lipinski definition) is 5. The highest BCUT2D eigenvalue weighted by molar-refractivity contribution is 5.75. The van der Waals surface area contributed by atoms with Gasteiger partial charge in [-0.3, -0.25) is 0 Å². The Bertz CT molecular complexity index is 994. The Kier molecular flexibility index (Phi) is 8.31. The van der Waals surface area contributed by atoms with Crippen molar-refractivity contribution < 1.29 is 19.4 Å². The summed E-state index contributed by atoms with van der Waals surface area (Å²) >= 11 is 0. The lowest BCUT2D eigenvalue weighted by atomic mass is 9.73. The van der Waals surface area contributed by atoms with Gasteiger partial charge in [0.15, 0.2) is 0 Å². The third kappa shape index (κ3) is 5.80. The molecule has 2 aliphatic heterocycles. The summed E-state index contributed by atoms with van der Waals surface area (Å²) in [6.07, 6.45) is 3.96. The number of carbonyl (C=O) groups excluding carboxylic acids is 1. The Morgan fingerprint density at radius 3 is 2.49 bits per heavy atom. The molecule has 35 heavy (non-hydrogen) atoms. The van der Waals surface area contributed by atoms with Crippen LogP contribution in [0.25, 0.3) is 0 Å². The molecule has 0 radical (unpaired) electrons. The number of methoxy groups -OCH3 is 1. The van der Waals surface area contributed by atoms with Gasteiger partial charge in [0.1, 0.15) is 11.5 Å². The van der Waals surface area contributed by atoms with E-state index < -0.39 is 5.60 Å². The van der Waals surface area contributed by atoms with Crippen molar-refractivity contribution in [2.75, 3.05) is 39.9 Å². The van der Waals surface area contributed by atoms with Crippen LogP contribution >= 0.6 is 0 Å². The molecular formula is C28H39N3O4. The number of amides is 2. The number of unbranched alkanes of at least 4 members (excludes halogenated alkanes) is 1. The molecule has 2 aromatic carbocycles. The number of piperidine rings is 1. The number of ether oxygens (including phenoxy) is 2. The number of nitrogens with zero attached hydrogens (tertiary/aromatic N) is 2. The van der Waals surface area contributed by atoms with E-state index in [0.717, 1.165) is 42.6 Å². The van der Waals surface area contributed by atoms with Crippen molar-refractivity contribution in [3.63, 3.8) is 0 Å². The van der Waals surface area contributed by atoms with Crippen LogP contribution in [-0.4, -0.2) is 66.9 Å². The molecule has 2 saturated heterocycles. The molecule has 7 heteroatoms. The number of aliphatic hydroxyl groups is 1. The summed E-state index contributed by atoms with van der Waals surface area (Å²) < 4.78 is 11.6. The van der Waals surface area contributed by atoms with Crippen LogP contribution in [0.3, 0.4) is 0 Å². The summed E-state index contributed by atoms with van der Waals surface area (Å²) in [5.74, 6) is 1.34. The molecule has 2 aromatic rings. The molecule has 0 aliphatic carbocycles. The molecule has 7 nitrogen and oxygen atoms in total. The smallest absolute Gasteiger partial charge is 0.320 e. The minimum atomic E-state index is -1.13. The first-order valence-corrected chi connectivity index (χ1v) is 12.8. The van der Waals surface area contributed by atoms with Gasteiger partial charge in [0.05, 0.1) is 5.60 Å². The first-order chi connectivity index (χ1) is 16.9. The average Bonchev–Trinajstić information content (AvgIpc) is 2.86. The fourth-order valence-corrected chi connectivity index (χ4v) is 5.31. The lowest BCUT2D eigenvalue weighted by Crippen LogP contribution is -2.62. The molecule has 4 rings (SSSR count). The Hall–Kier alpha value is -2.61. The molecule has 2 aliphatic rings. The standard InChI is InChI=1S/C28H39N3O4/c1-21-10-3-5-13-25(21)35-26-14-6-4-12-24(26)28(33,15-7-8-17-34-2)22-11-9-16-30(18-22)27(32)31-19-23(29)20-31/h3-6,10,12-14,22-23,33H,7-9,11,15-20,29H2,1-2H3/t22-,28+/m1/s1. The second kappa shape index (κ2) is 11.4. The molecular weight excluding hydrogens is 442 g/mol. The molecule has 0 spiro atoms. The van der Waals surface area contributed by atoms with Gasteiger partial charge in [0, 0.05) is 57.4 Å². The van der Waals surface area contributed by atoms with Crippen molar-refractivity contribution in [2.24, 2.45) is 11.7 Å². The van der Waals surface area contributed by atoms with Crippen LogP contribution in [0.2, 0.25) is 0 Å². The van der Waals surface area contributed by atoms with E-state index in [9.17, 15) is 9.90 Å². The van der Waals surface area contributed by atoms with E-state index >= 15 is 0 Å². The highest BCUT2D eigenvalue weighted by atomic mass is 16.5. The summed E-state index contributed by atoms with van der Waals surface area (Å²) in [6, 6.07) is 15.8. The van der Waals surface area contributed by atoms with Crippen molar-refractivity contribution in [1.82, 2.24) is 9.80 Å². The van der Waals surface area contributed by atoms with E-state index in [-0.39, 0.29) is 18.0 Å². The number of aryl methyl sites for hydroxylation is 1. The molecule has 3 N–H and O–H groups in total. The van der Waals surface area contributed by atoms with Crippen LogP contribution < -0.4 is 10.5 Å². The summed E-state index contributed by atoms with van der Waals surface area (Å²) in [4.78, 5) is 16.8. The maximum atomic E-state index is 13.1. The predicted octanol–water partition coefficient (Wildman–Crippen LogP) is 4.27. The van der Waals surface area contributed by atoms with Gasteiger partial charge >= 0.3 is 6.03 Å². The van der Waals surface area contributed by atoms with E-state index in [1.807, 2.05) is 60.4 Å². The minimum Gasteiger partial charge on any atom is -0.457 e. The van der Waals surface area contributed by atoms with Crippen LogP contribution in [0.15, 0.2) is 48.5 Å². The normalized spacial score (nSPS) is 20.3. The van der Waals surface area contributed by atoms with Crippen LogP contribution in [0.4, 0.5) is 4.79 Å². The summed E-state index contributed by atoms with van der Waals surface area (Å²) in [5, 5.41) is 12.4. The lowest BCUT2D eigenvalue weighted by molar-refractivity contribution is -0.0597. The number of rotatable bonds is 9. The van der Waals surface area contributed by atoms with E-state index in [0.29, 0.717) is 45.0 Å². The first kappa shape index (κ1) is 25.5. The third-order valence-corrected chi connectivity index (χ3v) is 7.37. The number of nitrogens with two attached hydrogens (primary N) is 1. The van der Waals surface area contributed by atoms with Gasteiger partial charge in [-0.15, -0.1) is 0 Å². The van der Waals surface area contributed by atoms with Crippen LogP contribution in [0.1, 0.15) is 43.2 Å². The van der Waals surface area contributed by atoms with Gasteiger partial charge in [-0.05, 0) is 56.7 Å². The first-order valence-electron chi connectivity index (χ1n) is 12.8. The fraction of sp³-hybridized carbons (Fsp3) is 0.536. The second-order valence-electron chi connectivity index (χ2n) is 9.97. The number of carbonyl (C=O) groups is 1. The van der Waals surface area contributed by atoms with Crippen molar-refractivity contribution in [3.8, 4) is 11.5 Å². The van der Waals surface area contributed by atoms with Gasteiger partial charge in [-0.25, -0.2) is 4.79 Å². The highest BCUT2D eigenvalue weighted by Gasteiger charge is 2.44. The Labute approximate surface area is 208 Å². The Morgan fingerprint density at radius 1 is 1.06 bits per heavy atom. The zero-order chi connectivity index (χ0) is 24.8. The largest absolute Gasteiger partial charge is 0.457 e. The molecule has 190 valence electrons. The van der Waals surface area contributed by atoms with E-state index in [4.69, 9.17) is 15.2 Å². The van der Waals surface area contributed by atoms with Gasteiger partial charge in [-0.2, -0.15) is 0 Å². The number of hydrogen-bond donors (Lipinski definition) is 2. The van der Waals surface area contributed by atoms with Crippen LogP contribution in [0.5, 0.6) is 11.5 Å². The molecule has 0 bridgehead atoms. The molecule has 0 unspecified atom stereocenters. The summed E-state index contributed by atoms with van der Waals surface area (Å²) in [6.45, 7) is 5.11. The molecule has 2 atom stereocenters. The molecule has 0 aromatic heterocycles. The number of para-hydroxylation sites is 2. The molecule has 2 fully saturated rings. The van der Waals surface area contributed by atoms with Gasteiger partial charge in [0.25, 0.3) is 0 Å². The maximum absolute atomic E-state index is 13.1. The van der Waals surface area contributed by atoms with Crippen molar-refractivity contribution >= 4 is 6.03 Å². The zero-order valence-corrected chi connectivity index (χ0v) is 21.0. The third-order valence-electron chi connectivity index (χ3n) is 7.37. The number of urea groups is 1. The van der Waals surface area contributed by atoms with Gasteiger partial charge in [-0.1, -0.05) is 36.4 Å². The van der Waals surface area contributed by atoms with Crippen LogP contribution in [-0.2, 0) is 10.3 Å². The van der Waals surface area contributed by atoms with Gasteiger partial charge in [0.2, 0.25) is 0 Å². The van der Waals surface area contributed by atoms with Crippen molar-refractivity contribution in [3.05, 3.63) is 59.7 Å². The highest BCUT2D eigenvalue weighted by Crippen LogP contribution is 2.44. The monoisotopic (exact) mass is 481 g/mol. The lowest BCUT2D eigenvalue weighted by Gasteiger charge is -2.46.